The van der Waals surface area contributed by atoms with E-state index >= 15 is 0 Å². The van der Waals surface area contributed by atoms with Gasteiger partial charge in [0.15, 0.2) is 0 Å². The predicted octanol–water partition coefficient (Wildman–Crippen LogP) is 2.99. The van der Waals surface area contributed by atoms with Crippen LogP contribution in [0.2, 0.25) is 0 Å². The number of halogens is 1. The van der Waals surface area contributed by atoms with Crippen molar-refractivity contribution in [2.75, 3.05) is 5.32 Å². The largest absolute Gasteiger partial charge is 0.361 e. The standard InChI is InChI=1S/C18H13FN4O3S/c19-17-4-1-14(10-21-17)22-18(24)13-6-8-23(11-13)27(25,26)15-2-3-16-12(9-15)5-7-20-16/h1-11,20H,(H,22,24). The summed E-state index contributed by atoms with van der Waals surface area (Å²) in [6, 6.07) is 10.4. The first-order chi connectivity index (χ1) is 12.9. The summed E-state index contributed by atoms with van der Waals surface area (Å²) in [5.41, 5.74) is 1.27. The van der Waals surface area contributed by atoms with Gasteiger partial charge < -0.3 is 10.3 Å². The molecule has 27 heavy (non-hydrogen) atoms. The zero-order valence-electron chi connectivity index (χ0n) is 13.8. The summed E-state index contributed by atoms with van der Waals surface area (Å²) in [6.07, 6.45) is 5.42. The number of amides is 1. The number of hydrogen-bond acceptors (Lipinski definition) is 4. The van der Waals surface area contributed by atoms with E-state index in [-0.39, 0.29) is 10.5 Å². The smallest absolute Gasteiger partial charge is 0.267 e. The highest BCUT2D eigenvalue weighted by molar-refractivity contribution is 7.90. The van der Waals surface area contributed by atoms with Crippen molar-refractivity contribution in [3.8, 4) is 0 Å². The lowest BCUT2D eigenvalue weighted by Crippen LogP contribution is -2.13. The van der Waals surface area contributed by atoms with Crippen molar-refractivity contribution in [3.63, 3.8) is 0 Å². The first-order valence-electron chi connectivity index (χ1n) is 7.87. The van der Waals surface area contributed by atoms with E-state index in [1.807, 2.05) is 0 Å². The summed E-state index contributed by atoms with van der Waals surface area (Å²) in [5, 5.41) is 3.30. The third-order valence-corrected chi connectivity index (χ3v) is 5.65. The zero-order valence-corrected chi connectivity index (χ0v) is 14.6. The third-order valence-electron chi connectivity index (χ3n) is 4.01. The number of carbonyl (C=O) groups is 1. The molecule has 0 unspecified atom stereocenters. The monoisotopic (exact) mass is 384 g/mol. The van der Waals surface area contributed by atoms with Crippen LogP contribution in [0.5, 0.6) is 0 Å². The number of hydrogen-bond donors (Lipinski definition) is 2. The Morgan fingerprint density at radius 1 is 1.15 bits per heavy atom. The Hall–Kier alpha value is -3.46. The molecule has 3 heterocycles. The number of carbonyl (C=O) groups excluding carboxylic acids is 1. The van der Waals surface area contributed by atoms with Crippen LogP contribution >= 0.6 is 0 Å². The van der Waals surface area contributed by atoms with Crippen molar-refractivity contribution in [3.05, 3.63) is 78.8 Å². The number of fused-ring (bicyclic) bond motifs is 1. The van der Waals surface area contributed by atoms with Crippen LogP contribution in [0.15, 0.2) is 72.1 Å². The number of benzene rings is 1. The summed E-state index contributed by atoms with van der Waals surface area (Å²) < 4.78 is 39.4. The number of aromatic nitrogens is 3. The Kier molecular flexibility index (Phi) is 4.00. The minimum atomic E-state index is -3.84. The maximum Gasteiger partial charge on any atom is 0.267 e. The molecule has 0 aliphatic rings. The molecular weight excluding hydrogens is 371 g/mol. The van der Waals surface area contributed by atoms with Gasteiger partial charge in [-0.2, -0.15) is 4.39 Å². The molecule has 0 radical (unpaired) electrons. The van der Waals surface area contributed by atoms with E-state index in [0.29, 0.717) is 5.69 Å². The molecule has 0 saturated heterocycles. The molecule has 136 valence electrons. The van der Waals surface area contributed by atoms with Gasteiger partial charge in [-0.05, 0) is 42.5 Å². The second kappa shape index (κ2) is 6.36. The Labute approximate surface area is 153 Å². The second-order valence-electron chi connectivity index (χ2n) is 5.79. The molecule has 7 nitrogen and oxygen atoms in total. The van der Waals surface area contributed by atoms with Gasteiger partial charge >= 0.3 is 0 Å². The summed E-state index contributed by atoms with van der Waals surface area (Å²) >= 11 is 0. The minimum Gasteiger partial charge on any atom is -0.361 e. The molecule has 4 rings (SSSR count). The van der Waals surface area contributed by atoms with Crippen LogP contribution in [0, 0.1) is 5.95 Å². The van der Waals surface area contributed by atoms with Crippen molar-refractivity contribution in [2.45, 2.75) is 4.90 Å². The van der Waals surface area contributed by atoms with E-state index in [4.69, 9.17) is 0 Å². The van der Waals surface area contributed by atoms with E-state index in [1.165, 1.54) is 36.8 Å². The van der Waals surface area contributed by atoms with E-state index < -0.39 is 21.9 Å². The van der Waals surface area contributed by atoms with Gasteiger partial charge in [0.05, 0.1) is 22.3 Å². The Balaban J connectivity index is 1.60. The highest BCUT2D eigenvalue weighted by Gasteiger charge is 2.19. The van der Waals surface area contributed by atoms with E-state index in [2.05, 4.69) is 15.3 Å². The molecule has 0 saturated carbocycles. The normalized spacial score (nSPS) is 11.6. The van der Waals surface area contributed by atoms with E-state index in [9.17, 15) is 17.6 Å². The Morgan fingerprint density at radius 2 is 2.00 bits per heavy atom. The minimum absolute atomic E-state index is 0.111. The Morgan fingerprint density at radius 3 is 2.78 bits per heavy atom. The van der Waals surface area contributed by atoms with Crippen LogP contribution in [0.1, 0.15) is 10.4 Å². The molecule has 0 atom stereocenters. The predicted molar refractivity (Wildman–Crippen MR) is 97.5 cm³/mol. The van der Waals surface area contributed by atoms with Gasteiger partial charge in [0, 0.05) is 29.5 Å². The van der Waals surface area contributed by atoms with Crippen LogP contribution in [-0.2, 0) is 10.0 Å². The van der Waals surface area contributed by atoms with Crippen LogP contribution in [0.25, 0.3) is 10.9 Å². The van der Waals surface area contributed by atoms with Gasteiger partial charge in [0.25, 0.3) is 15.9 Å². The number of H-pyrrole nitrogens is 1. The maximum atomic E-state index is 12.8. The highest BCUT2D eigenvalue weighted by atomic mass is 32.2. The third kappa shape index (κ3) is 3.20. The van der Waals surface area contributed by atoms with Gasteiger partial charge in [-0.25, -0.2) is 17.4 Å². The average molecular weight is 384 g/mol. The van der Waals surface area contributed by atoms with Crippen LogP contribution < -0.4 is 5.32 Å². The number of anilines is 1. The SMILES string of the molecule is O=C(Nc1ccc(F)nc1)c1ccn(S(=O)(=O)c2ccc3[nH]ccc3c2)c1. The fraction of sp³-hybridized carbons (Fsp3) is 0. The lowest BCUT2D eigenvalue weighted by molar-refractivity contribution is 0.102. The molecule has 3 aromatic heterocycles. The molecule has 0 fully saturated rings. The van der Waals surface area contributed by atoms with Crippen molar-refractivity contribution in [1.82, 2.24) is 13.9 Å². The van der Waals surface area contributed by atoms with E-state index in [1.54, 1.807) is 24.4 Å². The number of aromatic amines is 1. The number of nitrogens with one attached hydrogen (secondary N) is 2. The summed E-state index contributed by atoms with van der Waals surface area (Å²) in [4.78, 5) is 18.8. The van der Waals surface area contributed by atoms with Gasteiger partial charge in [-0.3, -0.25) is 4.79 Å². The molecule has 2 N–H and O–H groups in total. The highest BCUT2D eigenvalue weighted by Crippen LogP contribution is 2.21. The summed E-state index contributed by atoms with van der Waals surface area (Å²) in [6.45, 7) is 0. The summed E-state index contributed by atoms with van der Waals surface area (Å²) in [7, 11) is -3.84. The number of nitrogens with zero attached hydrogens (tertiary/aromatic N) is 2. The molecular formula is C18H13FN4O3S. The van der Waals surface area contributed by atoms with Crippen molar-refractivity contribution < 1.29 is 17.6 Å². The quantitative estimate of drug-likeness (QED) is 0.529. The van der Waals surface area contributed by atoms with Crippen LogP contribution in [0.4, 0.5) is 10.1 Å². The molecule has 9 heteroatoms. The first-order valence-corrected chi connectivity index (χ1v) is 9.31. The number of pyridine rings is 1. The topological polar surface area (TPSA) is 96.8 Å². The molecule has 4 aromatic rings. The van der Waals surface area contributed by atoms with Gasteiger partial charge in [-0.1, -0.05) is 0 Å². The van der Waals surface area contributed by atoms with Crippen molar-refractivity contribution in [2.24, 2.45) is 0 Å². The molecule has 1 aromatic carbocycles. The zero-order chi connectivity index (χ0) is 19.0. The number of rotatable bonds is 4. The molecule has 0 spiro atoms. The molecule has 1 amide bonds. The molecule has 0 aliphatic carbocycles. The first kappa shape index (κ1) is 17.0. The second-order valence-corrected chi connectivity index (χ2v) is 7.63. The lowest BCUT2D eigenvalue weighted by Gasteiger charge is -2.06. The maximum absolute atomic E-state index is 12.8. The summed E-state index contributed by atoms with van der Waals surface area (Å²) in [5.74, 6) is -1.19. The van der Waals surface area contributed by atoms with Gasteiger partial charge in [0.2, 0.25) is 5.95 Å². The fourth-order valence-electron chi connectivity index (χ4n) is 2.63. The van der Waals surface area contributed by atoms with Crippen molar-refractivity contribution >= 4 is 32.5 Å². The van der Waals surface area contributed by atoms with Crippen LogP contribution in [-0.4, -0.2) is 28.3 Å². The van der Waals surface area contributed by atoms with Gasteiger partial charge in [0.1, 0.15) is 0 Å². The molecule has 0 bridgehead atoms. The van der Waals surface area contributed by atoms with E-state index in [0.717, 1.165) is 20.9 Å². The Bertz CT molecular complexity index is 1240. The molecule has 0 aliphatic heterocycles. The van der Waals surface area contributed by atoms with Crippen LogP contribution in [0.3, 0.4) is 0 Å². The fourth-order valence-corrected chi connectivity index (χ4v) is 3.86. The van der Waals surface area contributed by atoms with Crippen molar-refractivity contribution in [1.29, 1.82) is 0 Å². The average Bonchev–Trinajstić information content (AvgIpc) is 3.32. The lowest BCUT2D eigenvalue weighted by atomic mass is 10.2. The van der Waals surface area contributed by atoms with Gasteiger partial charge in [-0.15, -0.1) is 0 Å².